The second-order valence-electron chi connectivity index (χ2n) is 4.39. The standard InChI is InChI=1S/C12H17N3O2/c1-3-12(5-4-6-12)15-10-8-13-7-9(14-10)11(16)17-2/h7-8H,3-6H2,1-2H3,(H,14,15). The number of anilines is 1. The van der Waals surface area contributed by atoms with Gasteiger partial charge < -0.3 is 10.1 Å². The number of aromatic nitrogens is 2. The molecule has 0 aliphatic heterocycles. The number of methoxy groups -OCH3 is 1. The number of hydrogen-bond donors (Lipinski definition) is 1. The summed E-state index contributed by atoms with van der Waals surface area (Å²) in [5.74, 6) is 0.190. The molecule has 0 aromatic carbocycles. The van der Waals surface area contributed by atoms with Crippen LogP contribution in [0.2, 0.25) is 0 Å². The molecule has 0 spiro atoms. The van der Waals surface area contributed by atoms with Crippen LogP contribution in [0.3, 0.4) is 0 Å². The van der Waals surface area contributed by atoms with E-state index in [-0.39, 0.29) is 11.2 Å². The van der Waals surface area contributed by atoms with Crippen molar-refractivity contribution in [2.45, 2.75) is 38.1 Å². The number of rotatable bonds is 4. The monoisotopic (exact) mass is 235 g/mol. The van der Waals surface area contributed by atoms with E-state index in [1.54, 1.807) is 6.20 Å². The molecule has 5 nitrogen and oxygen atoms in total. The quantitative estimate of drug-likeness (QED) is 0.809. The number of carbonyl (C=O) groups is 1. The van der Waals surface area contributed by atoms with Crippen LogP contribution < -0.4 is 5.32 Å². The number of carbonyl (C=O) groups excluding carboxylic acids is 1. The number of hydrogen-bond acceptors (Lipinski definition) is 5. The first-order valence-corrected chi connectivity index (χ1v) is 5.88. The van der Waals surface area contributed by atoms with Crippen molar-refractivity contribution in [1.82, 2.24) is 9.97 Å². The highest BCUT2D eigenvalue weighted by Crippen LogP contribution is 2.37. The molecule has 1 aromatic rings. The van der Waals surface area contributed by atoms with Crippen molar-refractivity contribution in [3.63, 3.8) is 0 Å². The second-order valence-corrected chi connectivity index (χ2v) is 4.39. The Balaban J connectivity index is 2.13. The minimum atomic E-state index is -0.458. The van der Waals surface area contributed by atoms with Crippen molar-refractivity contribution in [2.24, 2.45) is 0 Å². The molecular weight excluding hydrogens is 218 g/mol. The minimum Gasteiger partial charge on any atom is -0.464 e. The van der Waals surface area contributed by atoms with Gasteiger partial charge in [0, 0.05) is 5.54 Å². The fourth-order valence-electron chi connectivity index (χ4n) is 2.07. The fourth-order valence-corrected chi connectivity index (χ4v) is 2.07. The maximum Gasteiger partial charge on any atom is 0.358 e. The summed E-state index contributed by atoms with van der Waals surface area (Å²) in [5.41, 5.74) is 0.381. The lowest BCUT2D eigenvalue weighted by Crippen LogP contribution is -2.44. The van der Waals surface area contributed by atoms with Gasteiger partial charge in [-0.25, -0.2) is 9.78 Å². The predicted molar refractivity (Wildman–Crippen MR) is 63.9 cm³/mol. The maximum atomic E-state index is 11.3. The SMILES string of the molecule is CCC1(Nc2cncc(C(=O)OC)n2)CCC1. The molecule has 1 N–H and O–H groups in total. The smallest absolute Gasteiger partial charge is 0.358 e. The van der Waals surface area contributed by atoms with E-state index < -0.39 is 5.97 Å². The minimum absolute atomic E-state index is 0.142. The number of esters is 1. The van der Waals surface area contributed by atoms with Crippen LogP contribution in [0.1, 0.15) is 43.1 Å². The average Bonchev–Trinajstić information content (AvgIpc) is 2.33. The molecule has 5 heteroatoms. The third-order valence-corrected chi connectivity index (χ3v) is 3.41. The summed E-state index contributed by atoms with van der Waals surface area (Å²) in [6.07, 6.45) is 7.64. The molecule has 0 radical (unpaired) electrons. The van der Waals surface area contributed by atoms with E-state index in [9.17, 15) is 4.79 Å². The van der Waals surface area contributed by atoms with Crippen LogP contribution in [0.4, 0.5) is 5.82 Å². The highest BCUT2D eigenvalue weighted by molar-refractivity contribution is 5.87. The zero-order valence-corrected chi connectivity index (χ0v) is 10.2. The van der Waals surface area contributed by atoms with Gasteiger partial charge >= 0.3 is 5.97 Å². The molecule has 2 rings (SSSR count). The Kier molecular flexibility index (Phi) is 3.26. The van der Waals surface area contributed by atoms with Crippen LogP contribution in [0.5, 0.6) is 0 Å². The van der Waals surface area contributed by atoms with Crippen LogP contribution in [-0.2, 0) is 4.74 Å². The van der Waals surface area contributed by atoms with Crippen LogP contribution in [0.15, 0.2) is 12.4 Å². The van der Waals surface area contributed by atoms with Crippen molar-refractivity contribution in [3.05, 3.63) is 18.1 Å². The van der Waals surface area contributed by atoms with Gasteiger partial charge in [-0.1, -0.05) is 6.92 Å². The lowest BCUT2D eigenvalue weighted by Gasteiger charge is -2.42. The molecular formula is C12H17N3O2. The first-order valence-electron chi connectivity index (χ1n) is 5.88. The van der Waals surface area contributed by atoms with Crippen molar-refractivity contribution < 1.29 is 9.53 Å². The van der Waals surface area contributed by atoms with Gasteiger partial charge in [-0.3, -0.25) is 4.98 Å². The summed E-state index contributed by atoms with van der Waals surface area (Å²) >= 11 is 0. The summed E-state index contributed by atoms with van der Waals surface area (Å²) in [6, 6.07) is 0. The van der Waals surface area contributed by atoms with E-state index in [4.69, 9.17) is 0 Å². The van der Waals surface area contributed by atoms with Crippen LogP contribution in [0.25, 0.3) is 0 Å². The first-order chi connectivity index (χ1) is 8.19. The highest BCUT2D eigenvalue weighted by atomic mass is 16.5. The molecule has 1 aliphatic carbocycles. The molecule has 0 unspecified atom stereocenters. The summed E-state index contributed by atoms with van der Waals surface area (Å²) in [4.78, 5) is 19.5. The van der Waals surface area contributed by atoms with Gasteiger partial charge in [0.1, 0.15) is 5.82 Å². The van der Waals surface area contributed by atoms with Crippen molar-refractivity contribution in [3.8, 4) is 0 Å². The molecule has 1 aromatic heterocycles. The Bertz CT molecular complexity index is 410. The lowest BCUT2D eigenvalue weighted by molar-refractivity contribution is 0.0593. The van der Waals surface area contributed by atoms with Crippen molar-refractivity contribution in [1.29, 1.82) is 0 Å². The largest absolute Gasteiger partial charge is 0.464 e. The molecule has 92 valence electrons. The third-order valence-electron chi connectivity index (χ3n) is 3.41. The number of nitrogens with one attached hydrogen (secondary N) is 1. The Morgan fingerprint density at radius 2 is 2.29 bits per heavy atom. The van der Waals surface area contributed by atoms with Gasteiger partial charge in [0.05, 0.1) is 19.5 Å². The average molecular weight is 235 g/mol. The van der Waals surface area contributed by atoms with Gasteiger partial charge in [0.2, 0.25) is 0 Å². The molecule has 0 amide bonds. The Labute approximate surface area is 101 Å². The molecule has 1 fully saturated rings. The number of nitrogens with zero attached hydrogens (tertiary/aromatic N) is 2. The lowest BCUT2D eigenvalue weighted by atomic mass is 9.75. The summed E-state index contributed by atoms with van der Waals surface area (Å²) < 4.78 is 4.62. The van der Waals surface area contributed by atoms with Crippen LogP contribution in [-0.4, -0.2) is 28.6 Å². The fraction of sp³-hybridized carbons (Fsp3) is 0.583. The van der Waals surface area contributed by atoms with Gasteiger partial charge in [0.25, 0.3) is 0 Å². The Morgan fingerprint density at radius 3 is 2.82 bits per heavy atom. The maximum absolute atomic E-state index is 11.3. The molecule has 0 atom stereocenters. The van der Waals surface area contributed by atoms with Gasteiger partial charge in [-0.15, -0.1) is 0 Å². The van der Waals surface area contributed by atoms with E-state index in [0.717, 1.165) is 19.3 Å². The zero-order valence-electron chi connectivity index (χ0n) is 10.2. The second kappa shape index (κ2) is 4.69. The summed E-state index contributed by atoms with van der Waals surface area (Å²) in [5, 5.41) is 3.38. The topological polar surface area (TPSA) is 64.1 Å². The van der Waals surface area contributed by atoms with E-state index in [2.05, 4.69) is 26.9 Å². The van der Waals surface area contributed by atoms with Crippen LogP contribution in [0, 0.1) is 0 Å². The third kappa shape index (κ3) is 2.38. The van der Waals surface area contributed by atoms with Gasteiger partial charge in [-0.2, -0.15) is 0 Å². The summed E-state index contributed by atoms with van der Waals surface area (Å²) in [6.45, 7) is 2.16. The number of ether oxygens (including phenoxy) is 1. The van der Waals surface area contributed by atoms with Crippen molar-refractivity contribution >= 4 is 11.8 Å². The van der Waals surface area contributed by atoms with E-state index >= 15 is 0 Å². The van der Waals surface area contributed by atoms with E-state index in [1.165, 1.54) is 19.7 Å². The van der Waals surface area contributed by atoms with E-state index in [0.29, 0.717) is 5.82 Å². The molecule has 17 heavy (non-hydrogen) atoms. The Morgan fingerprint density at radius 1 is 1.53 bits per heavy atom. The normalized spacial score (nSPS) is 17.1. The molecule has 0 bridgehead atoms. The Hall–Kier alpha value is -1.65. The first kappa shape index (κ1) is 11.8. The zero-order chi connectivity index (χ0) is 12.3. The highest BCUT2D eigenvalue weighted by Gasteiger charge is 2.35. The van der Waals surface area contributed by atoms with Crippen LogP contribution >= 0.6 is 0 Å². The van der Waals surface area contributed by atoms with Gasteiger partial charge in [0.15, 0.2) is 5.69 Å². The predicted octanol–water partition coefficient (Wildman–Crippen LogP) is 2.01. The summed E-state index contributed by atoms with van der Waals surface area (Å²) in [7, 11) is 1.34. The molecule has 1 heterocycles. The van der Waals surface area contributed by atoms with Gasteiger partial charge in [-0.05, 0) is 25.7 Å². The molecule has 0 saturated heterocycles. The molecule has 1 saturated carbocycles. The van der Waals surface area contributed by atoms with Crippen molar-refractivity contribution in [2.75, 3.05) is 12.4 Å². The van der Waals surface area contributed by atoms with E-state index in [1.807, 2.05) is 0 Å². The molecule has 1 aliphatic rings.